The van der Waals surface area contributed by atoms with Gasteiger partial charge in [0, 0.05) is 13.5 Å². The first-order valence-corrected chi connectivity index (χ1v) is 4.13. The topological polar surface area (TPSA) is 84.2 Å². The lowest BCUT2D eigenvalue weighted by Crippen LogP contribution is -2.14. The second-order valence-electron chi connectivity index (χ2n) is 2.71. The third-order valence-corrected chi connectivity index (χ3v) is 1.66. The van der Waals surface area contributed by atoms with E-state index >= 15 is 0 Å². The molecule has 1 heterocycles. The largest absolute Gasteiger partial charge is 0.477 e. The molecule has 6 heteroatoms. The molecule has 0 radical (unpaired) electrons. The predicted octanol–water partition coefficient (Wildman–Crippen LogP) is 0.560. The first kappa shape index (κ1) is 10.2. The lowest BCUT2D eigenvalue weighted by Gasteiger charge is -2.05. The van der Waals surface area contributed by atoms with Crippen LogP contribution in [0.5, 0.6) is 0 Å². The Hall–Kier alpha value is -1.85. The Labute approximate surface area is 80.5 Å². The van der Waals surface area contributed by atoms with E-state index in [1.165, 1.54) is 17.8 Å². The number of amides is 1. The molecule has 76 valence electrons. The van der Waals surface area contributed by atoms with Gasteiger partial charge < -0.3 is 10.4 Å². The molecule has 0 aliphatic carbocycles. The predicted molar refractivity (Wildman–Crippen MR) is 49.2 cm³/mol. The number of aryl methyl sites for hydroxylation is 1. The lowest BCUT2D eigenvalue weighted by atomic mass is 10.3. The van der Waals surface area contributed by atoms with Gasteiger partial charge in [0.1, 0.15) is 11.4 Å². The number of rotatable bonds is 3. The Morgan fingerprint density at radius 3 is 2.71 bits per heavy atom. The summed E-state index contributed by atoms with van der Waals surface area (Å²) < 4.78 is 1.42. The zero-order chi connectivity index (χ0) is 10.7. The molecule has 6 nitrogen and oxygen atoms in total. The Balaban J connectivity index is 3.12. The van der Waals surface area contributed by atoms with E-state index in [1.807, 2.05) is 6.92 Å². The molecular weight excluding hydrogens is 186 g/mol. The second-order valence-corrected chi connectivity index (χ2v) is 2.71. The molecule has 0 aliphatic rings. The summed E-state index contributed by atoms with van der Waals surface area (Å²) in [6.07, 6.45) is 1.22. The van der Waals surface area contributed by atoms with E-state index in [4.69, 9.17) is 5.11 Å². The zero-order valence-electron chi connectivity index (χ0n) is 7.94. The van der Waals surface area contributed by atoms with Crippen molar-refractivity contribution in [2.24, 2.45) is 0 Å². The minimum absolute atomic E-state index is 0.00190. The highest BCUT2D eigenvalue weighted by Crippen LogP contribution is 2.14. The summed E-state index contributed by atoms with van der Waals surface area (Å²) in [5, 5.41) is 15.0. The van der Waals surface area contributed by atoms with Gasteiger partial charge in [-0.3, -0.25) is 4.79 Å². The van der Waals surface area contributed by atoms with E-state index < -0.39 is 5.97 Å². The standard InChI is InChI=1S/C8H11N3O3/c1-3-11-7(10-5(2)12)6(4-9-11)8(13)14/h4H,3H2,1-2H3,(H,10,12)(H,13,14). The fourth-order valence-corrected chi connectivity index (χ4v) is 1.08. The van der Waals surface area contributed by atoms with Crippen LogP contribution in [0.15, 0.2) is 6.20 Å². The summed E-state index contributed by atoms with van der Waals surface area (Å²) in [7, 11) is 0. The maximum absolute atomic E-state index is 10.8. The minimum atomic E-state index is -1.10. The van der Waals surface area contributed by atoms with Crippen LogP contribution >= 0.6 is 0 Å². The van der Waals surface area contributed by atoms with Crippen LogP contribution in [-0.2, 0) is 11.3 Å². The number of aromatic carboxylic acids is 1. The van der Waals surface area contributed by atoms with Gasteiger partial charge in [0.15, 0.2) is 0 Å². The number of carboxylic acids is 1. The van der Waals surface area contributed by atoms with Crippen LogP contribution in [0.25, 0.3) is 0 Å². The van der Waals surface area contributed by atoms with Gasteiger partial charge >= 0.3 is 5.97 Å². The molecule has 1 aromatic heterocycles. The summed E-state index contributed by atoms with van der Waals surface area (Å²) in [4.78, 5) is 21.5. The molecule has 0 unspecified atom stereocenters. The van der Waals surface area contributed by atoms with E-state index in [0.29, 0.717) is 6.54 Å². The van der Waals surface area contributed by atoms with Crippen LogP contribution < -0.4 is 5.32 Å². The van der Waals surface area contributed by atoms with Gasteiger partial charge in [-0.15, -0.1) is 0 Å². The molecular formula is C8H11N3O3. The minimum Gasteiger partial charge on any atom is -0.477 e. The smallest absolute Gasteiger partial charge is 0.341 e. The summed E-state index contributed by atoms with van der Waals surface area (Å²) in [6, 6.07) is 0. The van der Waals surface area contributed by atoms with Crippen LogP contribution in [0, 0.1) is 0 Å². The summed E-state index contributed by atoms with van der Waals surface area (Å²) in [6.45, 7) is 3.63. The number of aromatic nitrogens is 2. The number of nitrogens with one attached hydrogen (secondary N) is 1. The quantitative estimate of drug-likeness (QED) is 0.741. The molecule has 0 spiro atoms. The van der Waals surface area contributed by atoms with Crippen LogP contribution in [0.4, 0.5) is 5.82 Å². The van der Waals surface area contributed by atoms with Crippen molar-refractivity contribution >= 4 is 17.7 Å². The Morgan fingerprint density at radius 1 is 1.64 bits per heavy atom. The number of carboxylic acid groups (broad SMARTS) is 1. The molecule has 0 saturated carbocycles. The van der Waals surface area contributed by atoms with Crippen molar-refractivity contribution in [3.63, 3.8) is 0 Å². The van der Waals surface area contributed by atoms with Crippen LogP contribution in [0.2, 0.25) is 0 Å². The highest BCUT2D eigenvalue weighted by molar-refractivity contribution is 5.98. The van der Waals surface area contributed by atoms with E-state index in [9.17, 15) is 9.59 Å². The van der Waals surface area contributed by atoms with E-state index in [2.05, 4.69) is 10.4 Å². The fourth-order valence-electron chi connectivity index (χ4n) is 1.08. The van der Waals surface area contributed by atoms with Crippen molar-refractivity contribution in [3.8, 4) is 0 Å². The van der Waals surface area contributed by atoms with Crippen molar-refractivity contribution in [2.75, 3.05) is 5.32 Å². The summed E-state index contributed by atoms with van der Waals surface area (Å²) in [5.41, 5.74) is 0.00190. The van der Waals surface area contributed by atoms with Crippen molar-refractivity contribution in [3.05, 3.63) is 11.8 Å². The van der Waals surface area contributed by atoms with E-state index in [1.54, 1.807) is 0 Å². The first-order chi connectivity index (χ1) is 6.56. The number of carbonyl (C=O) groups excluding carboxylic acids is 1. The molecule has 0 aliphatic heterocycles. The van der Waals surface area contributed by atoms with Gasteiger partial charge in [0.05, 0.1) is 6.20 Å². The van der Waals surface area contributed by atoms with Crippen LogP contribution in [0.1, 0.15) is 24.2 Å². The molecule has 0 bridgehead atoms. The monoisotopic (exact) mass is 197 g/mol. The number of nitrogens with zero attached hydrogens (tertiary/aromatic N) is 2. The zero-order valence-corrected chi connectivity index (χ0v) is 7.94. The molecule has 1 amide bonds. The van der Waals surface area contributed by atoms with Gasteiger partial charge in [-0.2, -0.15) is 5.10 Å². The molecule has 0 fully saturated rings. The number of hydrogen-bond donors (Lipinski definition) is 2. The van der Waals surface area contributed by atoms with Gasteiger partial charge in [-0.1, -0.05) is 0 Å². The molecule has 14 heavy (non-hydrogen) atoms. The van der Waals surface area contributed by atoms with Crippen LogP contribution in [0.3, 0.4) is 0 Å². The fraction of sp³-hybridized carbons (Fsp3) is 0.375. The normalized spacial score (nSPS) is 9.86. The number of anilines is 1. The molecule has 2 N–H and O–H groups in total. The van der Waals surface area contributed by atoms with E-state index in [-0.39, 0.29) is 17.3 Å². The van der Waals surface area contributed by atoms with Crippen molar-refractivity contribution in [2.45, 2.75) is 20.4 Å². The maximum atomic E-state index is 10.8. The number of hydrogen-bond acceptors (Lipinski definition) is 3. The van der Waals surface area contributed by atoms with Gasteiger partial charge in [-0.25, -0.2) is 9.48 Å². The van der Waals surface area contributed by atoms with Gasteiger partial charge in [0.2, 0.25) is 5.91 Å². The van der Waals surface area contributed by atoms with Crippen molar-refractivity contribution in [1.29, 1.82) is 0 Å². The average molecular weight is 197 g/mol. The number of carbonyl (C=O) groups is 2. The third kappa shape index (κ3) is 1.90. The Morgan fingerprint density at radius 2 is 2.29 bits per heavy atom. The van der Waals surface area contributed by atoms with Gasteiger partial charge in [-0.05, 0) is 6.92 Å². The highest BCUT2D eigenvalue weighted by atomic mass is 16.4. The molecule has 0 atom stereocenters. The summed E-state index contributed by atoms with van der Waals surface area (Å²) >= 11 is 0. The molecule has 1 rings (SSSR count). The molecule has 0 aromatic carbocycles. The molecule has 0 saturated heterocycles. The average Bonchev–Trinajstić information content (AvgIpc) is 2.46. The second kappa shape index (κ2) is 3.91. The first-order valence-electron chi connectivity index (χ1n) is 4.13. The lowest BCUT2D eigenvalue weighted by molar-refractivity contribution is -0.114. The summed E-state index contributed by atoms with van der Waals surface area (Å²) in [5.74, 6) is -1.19. The third-order valence-electron chi connectivity index (χ3n) is 1.66. The van der Waals surface area contributed by atoms with Crippen molar-refractivity contribution < 1.29 is 14.7 Å². The highest BCUT2D eigenvalue weighted by Gasteiger charge is 2.16. The van der Waals surface area contributed by atoms with Gasteiger partial charge in [0.25, 0.3) is 0 Å². The van der Waals surface area contributed by atoms with Crippen molar-refractivity contribution in [1.82, 2.24) is 9.78 Å². The molecule has 1 aromatic rings. The Bertz CT molecular complexity index is 370. The van der Waals surface area contributed by atoms with E-state index in [0.717, 1.165) is 0 Å². The Kier molecular flexibility index (Phi) is 2.85. The van der Waals surface area contributed by atoms with Crippen LogP contribution in [-0.4, -0.2) is 26.8 Å². The maximum Gasteiger partial charge on any atom is 0.341 e. The SMILES string of the molecule is CCn1ncc(C(=O)O)c1NC(C)=O.